The molecule has 9 heteroatoms. The van der Waals surface area contributed by atoms with Crippen molar-refractivity contribution in [3.63, 3.8) is 0 Å². The molecule has 234 valence electrons. The van der Waals surface area contributed by atoms with Crippen LogP contribution in [0.5, 0.6) is 5.75 Å². The number of fused-ring (bicyclic) bond motifs is 1. The fourth-order valence-corrected chi connectivity index (χ4v) is 5.42. The number of rotatable bonds is 11. The van der Waals surface area contributed by atoms with Crippen molar-refractivity contribution in [1.29, 1.82) is 0 Å². The maximum Gasteiger partial charge on any atom is 0.461 e. The second-order valence-electron chi connectivity index (χ2n) is 11.0. The molecule has 1 aliphatic rings. The third-order valence-corrected chi connectivity index (χ3v) is 7.82. The molecule has 0 saturated heterocycles. The number of benzene rings is 4. The van der Waals surface area contributed by atoms with E-state index >= 15 is 0 Å². The van der Waals surface area contributed by atoms with Crippen LogP contribution in [0.15, 0.2) is 97.1 Å². The zero-order valence-corrected chi connectivity index (χ0v) is 24.3. The van der Waals surface area contributed by atoms with Gasteiger partial charge in [-0.1, -0.05) is 84.9 Å². The number of hydrogen-bond acceptors (Lipinski definition) is 4. The van der Waals surface area contributed by atoms with Crippen LogP contribution >= 0.6 is 0 Å². The Morgan fingerprint density at radius 2 is 1.60 bits per heavy atom. The second-order valence-corrected chi connectivity index (χ2v) is 11.0. The molecule has 0 aromatic heterocycles. The lowest BCUT2D eigenvalue weighted by Crippen LogP contribution is -2.41. The average Bonchev–Trinajstić information content (AvgIpc) is 3.30. The highest BCUT2D eigenvalue weighted by Crippen LogP contribution is 2.30. The monoisotopic (exact) mass is 619 g/mol. The molecule has 5 rings (SSSR count). The van der Waals surface area contributed by atoms with Gasteiger partial charge in [-0.25, -0.2) is 0 Å². The highest BCUT2D eigenvalue weighted by Gasteiger charge is 2.44. The fourth-order valence-electron chi connectivity index (χ4n) is 5.42. The van der Waals surface area contributed by atoms with Crippen molar-refractivity contribution in [1.82, 2.24) is 5.32 Å². The van der Waals surface area contributed by atoms with Crippen LogP contribution in [0.4, 0.5) is 17.6 Å². The van der Waals surface area contributed by atoms with Gasteiger partial charge in [0.05, 0.1) is 18.8 Å². The number of aliphatic hydroxyl groups is 2. The smallest absolute Gasteiger partial charge is 0.428 e. The predicted octanol–water partition coefficient (Wildman–Crippen LogP) is 7.51. The number of carbonyl (C=O) groups is 1. The van der Waals surface area contributed by atoms with Gasteiger partial charge in [0.1, 0.15) is 5.75 Å². The van der Waals surface area contributed by atoms with Crippen LogP contribution in [0, 0.1) is 0 Å². The van der Waals surface area contributed by atoms with E-state index in [4.69, 9.17) is 0 Å². The molecular formula is C36H33F4NO4. The van der Waals surface area contributed by atoms with Gasteiger partial charge in [-0.3, -0.25) is 4.79 Å². The number of halogens is 4. The summed E-state index contributed by atoms with van der Waals surface area (Å²) in [6.07, 6.45) is -3.30. The van der Waals surface area contributed by atoms with Gasteiger partial charge in [-0.2, -0.15) is 17.6 Å². The van der Waals surface area contributed by atoms with E-state index in [1.165, 1.54) is 12.1 Å². The van der Waals surface area contributed by atoms with Gasteiger partial charge in [0, 0.05) is 5.56 Å². The summed E-state index contributed by atoms with van der Waals surface area (Å²) in [5.41, 5.74) is 5.74. The molecule has 0 radical (unpaired) electrons. The van der Waals surface area contributed by atoms with Crippen molar-refractivity contribution in [2.45, 2.75) is 57.0 Å². The molecule has 1 amide bonds. The molecule has 5 nitrogen and oxygen atoms in total. The first-order valence-electron chi connectivity index (χ1n) is 14.7. The van der Waals surface area contributed by atoms with Gasteiger partial charge in [0.15, 0.2) is 0 Å². The lowest BCUT2D eigenvalue weighted by Gasteiger charge is -2.26. The first kappa shape index (κ1) is 31.9. The summed E-state index contributed by atoms with van der Waals surface area (Å²) in [5.74, 6) is -0.882. The summed E-state index contributed by atoms with van der Waals surface area (Å²) in [6, 6.07) is 24.4. The number of carbonyl (C=O) groups excluding carboxylic acids is 1. The van der Waals surface area contributed by atoms with Gasteiger partial charge < -0.3 is 20.3 Å². The van der Waals surface area contributed by atoms with E-state index < -0.39 is 36.3 Å². The summed E-state index contributed by atoms with van der Waals surface area (Å²) in [4.78, 5) is 13.7. The number of aryl methyl sites for hydroxylation is 1. The SMILES string of the molecule is O=C(NC(Cc1cccc(OC(F)(F)C(F)F)c1)C(O)c1ccc(-c2ccc(CO)cc2)cc1)c1cccc2c1C=CCCC2. The van der Waals surface area contributed by atoms with Crippen LogP contribution in [0.2, 0.25) is 0 Å². The predicted molar refractivity (Wildman–Crippen MR) is 164 cm³/mol. The minimum Gasteiger partial charge on any atom is -0.428 e. The third kappa shape index (κ3) is 7.79. The molecule has 4 aromatic rings. The number of alkyl halides is 4. The number of nitrogens with one attached hydrogen (secondary N) is 1. The standard InChI is InChI=1S/C36H33F4NO4/c37-35(38)36(39,40)45-29-9-4-6-24(20-29)21-32(41-34(44)31-11-5-8-27-7-2-1-3-10-30(27)31)33(43)28-18-16-26(17-19-28)25-14-12-23(22-42)13-15-25/h3-6,8-20,32-33,35,42-43H,1-2,7,21-22H2,(H,41,44). The summed E-state index contributed by atoms with van der Waals surface area (Å²) in [5, 5.41) is 23.8. The lowest BCUT2D eigenvalue weighted by atomic mass is 9.93. The highest BCUT2D eigenvalue weighted by molar-refractivity contribution is 5.98. The highest BCUT2D eigenvalue weighted by atomic mass is 19.3. The van der Waals surface area contributed by atoms with Crippen LogP contribution in [0.3, 0.4) is 0 Å². The van der Waals surface area contributed by atoms with Gasteiger partial charge in [-0.05, 0) is 82.8 Å². The Bertz CT molecular complexity index is 1640. The molecule has 0 spiro atoms. The summed E-state index contributed by atoms with van der Waals surface area (Å²) >= 11 is 0. The van der Waals surface area contributed by atoms with Crippen LogP contribution < -0.4 is 10.1 Å². The molecule has 0 heterocycles. The lowest BCUT2D eigenvalue weighted by molar-refractivity contribution is -0.253. The number of amides is 1. The molecular weight excluding hydrogens is 586 g/mol. The van der Waals surface area contributed by atoms with Crippen molar-refractivity contribution >= 4 is 12.0 Å². The molecule has 0 saturated carbocycles. The Labute approximate surface area is 258 Å². The van der Waals surface area contributed by atoms with E-state index in [0.717, 1.165) is 53.1 Å². The third-order valence-electron chi connectivity index (χ3n) is 7.82. The van der Waals surface area contributed by atoms with E-state index in [0.29, 0.717) is 16.7 Å². The second kappa shape index (κ2) is 14.1. The molecule has 0 fully saturated rings. The van der Waals surface area contributed by atoms with Gasteiger partial charge >= 0.3 is 12.5 Å². The van der Waals surface area contributed by atoms with Gasteiger partial charge in [0.2, 0.25) is 0 Å². The zero-order valence-electron chi connectivity index (χ0n) is 24.3. The Hall–Kier alpha value is -4.47. The molecule has 1 aliphatic carbocycles. The number of allylic oxidation sites excluding steroid dienone is 1. The topological polar surface area (TPSA) is 78.8 Å². The summed E-state index contributed by atoms with van der Waals surface area (Å²) in [7, 11) is 0. The largest absolute Gasteiger partial charge is 0.461 e. The molecule has 0 bridgehead atoms. The molecule has 3 N–H and O–H groups in total. The summed E-state index contributed by atoms with van der Waals surface area (Å²) < 4.78 is 57.0. The number of aliphatic hydroxyl groups excluding tert-OH is 2. The van der Waals surface area contributed by atoms with Crippen LogP contribution in [-0.4, -0.2) is 34.7 Å². The maximum absolute atomic E-state index is 13.7. The van der Waals surface area contributed by atoms with Crippen molar-refractivity contribution in [3.8, 4) is 16.9 Å². The fraction of sp³-hybridized carbons (Fsp3) is 0.250. The zero-order chi connectivity index (χ0) is 32.0. The number of hydrogen-bond donors (Lipinski definition) is 3. The van der Waals surface area contributed by atoms with E-state index in [2.05, 4.69) is 10.1 Å². The Morgan fingerprint density at radius 3 is 2.29 bits per heavy atom. The van der Waals surface area contributed by atoms with Crippen molar-refractivity contribution in [2.75, 3.05) is 0 Å². The first-order chi connectivity index (χ1) is 21.6. The van der Waals surface area contributed by atoms with Crippen LogP contribution in [-0.2, 0) is 19.4 Å². The van der Waals surface area contributed by atoms with E-state index in [1.807, 2.05) is 60.7 Å². The minimum atomic E-state index is -4.68. The van der Waals surface area contributed by atoms with Gasteiger partial charge in [-0.15, -0.1) is 0 Å². The molecule has 2 atom stereocenters. The van der Waals surface area contributed by atoms with E-state index in [-0.39, 0.29) is 13.0 Å². The van der Waals surface area contributed by atoms with Crippen molar-refractivity contribution < 1.29 is 37.3 Å². The normalized spacial score (nSPS) is 14.4. The van der Waals surface area contributed by atoms with Crippen LogP contribution in [0.1, 0.15) is 57.1 Å². The van der Waals surface area contributed by atoms with Crippen molar-refractivity contribution in [3.05, 3.63) is 130 Å². The molecule has 45 heavy (non-hydrogen) atoms. The molecule has 4 aromatic carbocycles. The maximum atomic E-state index is 13.7. The van der Waals surface area contributed by atoms with Gasteiger partial charge in [0.25, 0.3) is 5.91 Å². The minimum absolute atomic E-state index is 0.0143. The first-order valence-corrected chi connectivity index (χ1v) is 14.7. The van der Waals surface area contributed by atoms with Crippen molar-refractivity contribution in [2.24, 2.45) is 0 Å². The Balaban J connectivity index is 1.43. The quantitative estimate of drug-likeness (QED) is 0.152. The Morgan fingerprint density at radius 1 is 0.911 bits per heavy atom. The molecule has 2 unspecified atom stereocenters. The average molecular weight is 620 g/mol. The Kier molecular flexibility index (Phi) is 10.0. The number of ether oxygens (including phenoxy) is 1. The molecule has 0 aliphatic heterocycles. The van der Waals surface area contributed by atoms with Crippen LogP contribution in [0.25, 0.3) is 17.2 Å². The van der Waals surface area contributed by atoms with E-state index in [1.54, 1.807) is 24.3 Å². The van der Waals surface area contributed by atoms with E-state index in [9.17, 15) is 32.6 Å². The summed E-state index contributed by atoms with van der Waals surface area (Å²) in [6.45, 7) is -0.0652.